The molecule has 1 heterocycles. The minimum Gasteiger partial charge on any atom is -0.439 e. The monoisotopic (exact) mass is 582 g/mol. The Balaban J connectivity index is 0.00000456. The maximum Gasteiger partial charge on any atom is 0.242 e. The van der Waals surface area contributed by atoms with Crippen molar-refractivity contribution in [2.24, 2.45) is 17.6 Å². The molecule has 0 aliphatic heterocycles. The number of nitrogens with one attached hydrogen (secondary N) is 2. The zero-order valence-electron chi connectivity index (χ0n) is 20.6. The molecule has 1 saturated carbocycles. The highest BCUT2D eigenvalue weighted by molar-refractivity contribution is 9.10. The summed E-state index contributed by atoms with van der Waals surface area (Å²) in [7, 11) is 1.63. The highest BCUT2D eigenvalue weighted by atomic mass is 79.9. The fraction of sp³-hybridized carbons (Fsp3) is 0.500. The van der Waals surface area contributed by atoms with Crippen LogP contribution >= 0.6 is 28.3 Å². The van der Waals surface area contributed by atoms with Gasteiger partial charge in [0.05, 0.1) is 0 Å². The predicted octanol–water partition coefficient (Wildman–Crippen LogP) is 4.00. The van der Waals surface area contributed by atoms with Crippen LogP contribution in [-0.2, 0) is 20.7 Å². The van der Waals surface area contributed by atoms with E-state index in [1.165, 1.54) is 0 Å². The summed E-state index contributed by atoms with van der Waals surface area (Å²) in [4.78, 5) is 30.3. The van der Waals surface area contributed by atoms with E-state index in [2.05, 4.69) is 31.5 Å². The number of halogens is 2. The number of carbonyl (C=O) groups excluding carboxylic acids is 2. The van der Waals surface area contributed by atoms with Crippen LogP contribution < -0.4 is 21.1 Å². The van der Waals surface area contributed by atoms with Crippen LogP contribution in [0.1, 0.15) is 37.7 Å². The van der Waals surface area contributed by atoms with E-state index in [0.717, 1.165) is 35.7 Å². The highest BCUT2D eigenvalue weighted by Crippen LogP contribution is 2.28. The summed E-state index contributed by atoms with van der Waals surface area (Å²) in [6.45, 7) is 1.71. The van der Waals surface area contributed by atoms with Crippen molar-refractivity contribution in [2.75, 3.05) is 26.8 Å². The quantitative estimate of drug-likeness (QED) is 0.325. The van der Waals surface area contributed by atoms with Crippen LogP contribution in [0.3, 0.4) is 0 Å². The van der Waals surface area contributed by atoms with Crippen LogP contribution in [0.2, 0.25) is 0 Å². The number of carbonyl (C=O) groups is 2. The number of nitrogens with zero attached hydrogens (tertiary/aromatic N) is 1. The Hall–Kier alpha value is -2.20. The molecule has 36 heavy (non-hydrogen) atoms. The number of hydrogen-bond donors (Lipinski definition) is 3. The van der Waals surface area contributed by atoms with Crippen LogP contribution in [0, 0.1) is 11.8 Å². The fourth-order valence-electron chi connectivity index (χ4n) is 4.23. The van der Waals surface area contributed by atoms with Crippen LogP contribution in [0.15, 0.2) is 47.1 Å². The first-order valence-electron chi connectivity index (χ1n) is 12.1. The summed E-state index contributed by atoms with van der Waals surface area (Å²) in [6.07, 6.45) is 6.23. The lowest BCUT2D eigenvalue weighted by Gasteiger charge is -2.28. The van der Waals surface area contributed by atoms with Crippen molar-refractivity contribution in [2.45, 2.75) is 44.6 Å². The second-order valence-corrected chi connectivity index (χ2v) is 9.84. The summed E-state index contributed by atoms with van der Waals surface area (Å²) >= 11 is 3.36. The molecule has 0 bridgehead atoms. The summed E-state index contributed by atoms with van der Waals surface area (Å²) in [5, 5.41) is 5.94. The third-order valence-electron chi connectivity index (χ3n) is 6.27. The number of nitrogens with two attached hydrogens (primary N) is 1. The van der Waals surface area contributed by atoms with Gasteiger partial charge in [-0.15, -0.1) is 12.4 Å². The molecule has 0 radical (unpaired) electrons. The molecule has 1 unspecified atom stereocenters. The predicted molar refractivity (Wildman–Crippen MR) is 145 cm³/mol. The van der Waals surface area contributed by atoms with Gasteiger partial charge in [-0.1, -0.05) is 12.1 Å². The number of amides is 2. The van der Waals surface area contributed by atoms with Crippen LogP contribution in [0.4, 0.5) is 0 Å². The normalized spacial score (nSPS) is 18.0. The van der Waals surface area contributed by atoms with E-state index < -0.39 is 6.04 Å². The molecule has 3 rings (SSSR count). The number of rotatable bonds is 12. The van der Waals surface area contributed by atoms with E-state index in [4.69, 9.17) is 15.2 Å². The first kappa shape index (κ1) is 30.0. The van der Waals surface area contributed by atoms with Crippen molar-refractivity contribution in [3.05, 3.63) is 52.6 Å². The van der Waals surface area contributed by atoms with Gasteiger partial charge in [0.1, 0.15) is 11.8 Å². The number of pyridine rings is 1. The third kappa shape index (κ3) is 9.69. The van der Waals surface area contributed by atoms with Gasteiger partial charge in [0.2, 0.25) is 17.7 Å². The smallest absolute Gasteiger partial charge is 0.242 e. The van der Waals surface area contributed by atoms with Gasteiger partial charge in [-0.3, -0.25) is 9.59 Å². The molecule has 198 valence electrons. The first-order chi connectivity index (χ1) is 17.0. The maximum absolute atomic E-state index is 13.0. The van der Waals surface area contributed by atoms with Crippen LogP contribution in [0.5, 0.6) is 11.6 Å². The maximum atomic E-state index is 13.0. The number of aromatic nitrogens is 1. The molecule has 0 saturated heterocycles. The standard InChI is InChI=1S/C26H35BrN4O4.ClH/c1-34-13-3-12-29-26(33)23(31-25(32)20-8-6-18(16-28)7-9-20)15-19-4-2-5-22(14-19)35-24-11-10-21(27)17-30-24;/h2,4-5,10-11,14,17-18,20,23H,3,6-9,12-13,15-16,28H2,1H3,(H,29,33)(H,31,32);1H. The average Bonchev–Trinajstić information content (AvgIpc) is 2.87. The zero-order valence-corrected chi connectivity index (χ0v) is 23.0. The van der Waals surface area contributed by atoms with Gasteiger partial charge in [0, 0.05) is 49.3 Å². The second-order valence-electron chi connectivity index (χ2n) is 8.92. The largest absolute Gasteiger partial charge is 0.439 e. The van der Waals surface area contributed by atoms with Gasteiger partial charge in [-0.05, 0) is 84.3 Å². The Bertz CT molecular complexity index is 955. The Morgan fingerprint density at radius 2 is 1.97 bits per heavy atom. The molecule has 1 atom stereocenters. The van der Waals surface area contributed by atoms with Gasteiger partial charge >= 0.3 is 0 Å². The Labute approximate surface area is 227 Å². The molecule has 1 aromatic carbocycles. The van der Waals surface area contributed by atoms with Crippen molar-refractivity contribution >= 4 is 40.2 Å². The number of benzene rings is 1. The third-order valence-corrected chi connectivity index (χ3v) is 6.74. The van der Waals surface area contributed by atoms with Gasteiger partial charge in [0.15, 0.2) is 0 Å². The lowest BCUT2D eigenvalue weighted by molar-refractivity contribution is -0.131. The van der Waals surface area contributed by atoms with Gasteiger partial charge in [0.25, 0.3) is 0 Å². The Kier molecular flexibility index (Phi) is 13.2. The second kappa shape index (κ2) is 15.8. The lowest BCUT2D eigenvalue weighted by Crippen LogP contribution is -2.50. The minimum absolute atomic E-state index is 0. The van der Waals surface area contributed by atoms with Gasteiger partial charge < -0.3 is 25.8 Å². The Morgan fingerprint density at radius 1 is 1.19 bits per heavy atom. The summed E-state index contributed by atoms with van der Waals surface area (Å²) in [5.41, 5.74) is 6.67. The van der Waals surface area contributed by atoms with E-state index in [-0.39, 0.29) is 30.1 Å². The molecule has 1 aliphatic carbocycles. The van der Waals surface area contributed by atoms with Crippen molar-refractivity contribution in [1.29, 1.82) is 0 Å². The topological polar surface area (TPSA) is 116 Å². The molecule has 8 nitrogen and oxygen atoms in total. The van der Waals surface area contributed by atoms with E-state index in [1.807, 2.05) is 30.3 Å². The Morgan fingerprint density at radius 3 is 2.64 bits per heavy atom. The number of hydrogen-bond acceptors (Lipinski definition) is 6. The molecule has 1 aliphatic rings. The van der Waals surface area contributed by atoms with Gasteiger partial charge in [-0.25, -0.2) is 4.98 Å². The molecule has 2 aromatic rings. The van der Waals surface area contributed by atoms with E-state index >= 15 is 0 Å². The molecular formula is C26H36BrClN4O4. The van der Waals surface area contributed by atoms with E-state index in [1.54, 1.807) is 19.4 Å². The van der Waals surface area contributed by atoms with E-state index in [0.29, 0.717) is 50.1 Å². The molecular weight excluding hydrogens is 548 g/mol. The highest BCUT2D eigenvalue weighted by Gasteiger charge is 2.29. The molecule has 0 spiro atoms. The molecule has 1 fully saturated rings. The number of ether oxygens (including phenoxy) is 2. The molecule has 2 amide bonds. The van der Waals surface area contributed by atoms with E-state index in [9.17, 15) is 9.59 Å². The number of methoxy groups -OCH3 is 1. The fourth-order valence-corrected chi connectivity index (χ4v) is 4.46. The first-order valence-corrected chi connectivity index (χ1v) is 12.9. The molecule has 1 aromatic heterocycles. The van der Waals surface area contributed by atoms with Gasteiger partial charge in [-0.2, -0.15) is 0 Å². The van der Waals surface area contributed by atoms with Crippen LogP contribution in [0.25, 0.3) is 0 Å². The summed E-state index contributed by atoms with van der Waals surface area (Å²) in [6, 6.07) is 10.4. The van der Waals surface area contributed by atoms with Crippen LogP contribution in [-0.4, -0.2) is 49.6 Å². The SMILES string of the molecule is COCCCNC(=O)C(Cc1cccc(Oc2ccc(Br)cn2)c1)NC(=O)C1CCC(CN)CC1.Cl. The summed E-state index contributed by atoms with van der Waals surface area (Å²) in [5.74, 6) is 1.22. The molecule has 10 heteroatoms. The lowest BCUT2D eigenvalue weighted by atomic mass is 9.81. The minimum atomic E-state index is -0.682. The molecule has 4 N–H and O–H groups in total. The zero-order chi connectivity index (χ0) is 25.0. The van der Waals surface area contributed by atoms with Crippen molar-refractivity contribution in [3.63, 3.8) is 0 Å². The summed E-state index contributed by atoms with van der Waals surface area (Å²) < 4.78 is 11.8. The van der Waals surface area contributed by atoms with Crippen molar-refractivity contribution in [3.8, 4) is 11.6 Å². The van der Waals surface area contributed by atoms with Crippen molar-refractivity contribution in [1.82, 2.24) is 15.6 Å². The van der Waals surface area contributed by atoms with Crippen molar-refractivity contribution < 1.29 is 19.1 Å². The average molecular weight is 584 g/mol.